The lowest BCUT2D eigenvalue weighted by Gasteiger charge is -2.34. The summed E-state index contributed by atoms with van der Waals surface area (Å²) in [6.45, 7) is 3.19. The fourth-order valence-corrected chi connectivity index (χ4v) is 3.51. The summed E-state index contributed by atoms with van der Waals surface area (Å²) in [5.41, 5.74) is 2.51. The molecule has 0 N–H and O–H groups in total. The summed E-state index contributed by atoms with van der Waals surface area (Å²) in [5.74, 6) is -1.20. The number of piperazine rings is 1. The van der Waals surface area contributed by atoms with Crippen molar-refractivity contribution in [2.24, 2.45) is 0 Å². The molecular formula is C22H19ClFN3O3. The molecule has 2 heterocycles. The summed E-state index contributed by atoms with van der Waals surface area (Å²) in [5, 5.41) is 4.29. The molecule has 3 aromatic rings. The van der Waals surface area contributed by atoms with Crippen LogP contribution in [0.5, 0.6) is 0 Å². The van der Waals surface area contributed by atoms with Gasteiger partial charge in [0.05, 0.1) is 5.56 Å². The molecule has 30 heavy (non-hydrogen) atoms. The van der Waals surface area contributed by atoms with Gasteiger partial charge >= 0.3 is 0 Å². The fraction of sp³-hybridized carbons (Fsp3) is 0.227. The van der Waals surface area contributed by atoms with E-state index in [0.29, 0.717) is 23.8 Å². The van der Waals surface area contributed by atoms with Crippen molar-refractivity contribution in [2.75, 3.05) is 26.2 Å². The lowest BCUT2D eigenvalue weighted by atomic mass is 10.1. The third kappa shape index (κ3) is 4.07. The summed E-state index contributed by atoms with van der Waals surface area (Å²) >= 11 is 5.88. The standard InChI is InChI=1S/C22H19ClFN3O3/c1-14-2-4-15(5-3-14)19-13-20(30-25-19)22(29)27-10-8-26(9-11-27)21(28)17-12-16(23)6-7-18(17)24/h2-7,12-13H,8-11H2,1H3. The third-order valence-electron chi connectivity index (χ3n) is 5.08. The van der Waals surface area contributed by atoms with Gasteiger partial charge in [0.2, 0.25) is 5.76 Å². The first-order chi connectivity index (χ1) is 14.4. The number of benzene rings is 2. The SMILES string of the molecule is Cc1ccc(-c2cc(C(=O)N3CCN(C(=O)c4cc(Cl)ccc4F)CC3)on2)cc1. The van der Waals surface area contributed by atoms with E-state index in [1.54, 1.807) is 11.0 Å². The summed E-state index contributed by atoms with van der Waals surface area (Å²) in [4.78, 5) is 28.5. The monoisotopic (exact) mass is 427 g/mol. The van der Waals surface area contributed by atoms with Gasteiger partial charge in [-0.1, -0.05) is 46.6 Å². The molecule has 8 heteroatoms. The van der Waals surface area contributed by atoms with Gasteiger partial charge in [-0.05, 0) is 25.1 Å². The first-order valence-electron chi connectivity index (χ1n) is 9.50. The maximum absolute atomic E-state index is 14.0. The van der Waals surface area contributed by atoms with E-state index in [0.717, 1.165) is 11.1 Å². The van der Waals surface area contributed by atoms with Gasteiger partial charge in [-0.3, -0.25) is 9.59 Å². The minimum absolute atomic E-state index is 0.0692. The molecule has 1 aliphatic rings. The molecule has 0 atom stereocenters. The molecule has 2 amide bonds. The first-order valence-corrected chi connectivity index (χ1v) is 9.87. The summed E-state index contributed by atoms with van der Waals surface area (Å²) in [7, 11) is 0. The van der Waals surface area contributed by atoms with Crippen LogP contribution in [0.25, 0.3) is 11.3 Å². The Morgan fingerprint density at radius 1 is 0.967 bits per heavy atom. The second kappa shape index (κ2) is 8.28. The number of nitrogens with zero attached hydrogens (tertiary/aromatic N) is 3. The Labute approximate surface area is 177 Å². The first kappa shape index (κ1) is 20.1. The number of aromatic nitrogens is 1. The van der Waals surface area contributed by atoms with Gasteiger partial charge in [-0.15, -0.1) is 0 Å². The van der Waals surface area contributed by atoms with Crippen molar-refractivity contribution in [3.63, 3.8) is 0 Å². The van der Waals surface area contributed by atoms with Crippen LogP contribution < -0.4 is 0 Å². The number of carbonyl (C=O) groups excluding carboxylic acids is 2. The average Bonchev–Trinajstić information content (AvgIpc) is 3.25. The van der Waals surface area contributed by atoms with E-state index in [1.165, 1.54) is 23.1 Å². The Hall–Kier alpha value is -3.19. The molecule has 0 saturated carbocycles. The largest absolute Gasteiger partial charge is 0.350 e. The molecule has 154 valence electrons. The molecule has 1 aliphatic heterocycles. The highest BCUT2D eigenvalue weighted by atomic mass is 35.5. The third-order valence-corrected chi connectivity index (χ3v) is 5.32. The maximum atomic E-state index is 14.0. The van der Waals surface area contributed by atoms with Gasteiger partial charge in [0.1, 0.15) is 11.5 Å². The van der Waals surface area contributed by atoms with Crippen molar-refractivity contribution in [2.45, 2.75) is 6.92 Å². The predicted octanol–water partition coefficient (Wildman–Crippen LogP) is 4.04. The molecule has 0 radical (unpaired) electrons. The van der Waals surface area contributed by atoms with Gasteiger partial charge in [-0.2, -0.15) is 0 Å². The molecule has 2 aromatic carbocycles. The van der Waals surface area contributed by atoms with Crippen LogP contribution in [0, 0.1) is 12.7 Å². The summed E-state index contributed by atoms with van der Waals surface area (Å²) in [6.07, 6.45) is 0. The van der Waals surface area contributed by atoms with Crippen molar-refractivity contribution < 1.29 is 18.5 Å². The Bertz CT molecular complexity index is 1090. The molecule has 0 unspecified atom stereocenters. The molecule has 0 aliphatic carbocycles. The molecule has 0 spiro atoms. The number of aryl methyl sites for hydroxylation is 1. The zero-order valence-electron chi connectivity index (χ0n) is 16.3. The van der Waals surface area contributed by atoms with E-state index in [4.69, 9.17) is 16.1 Å². The Kier molecular flexibility index (Phi) is 5.55. The van der Waals surface area contributed by atoms with Crippen LogP contribution in [0.3, 0.4) is 0 Å². The minimum atomic E-state index is -0.617. The highest BCUT2D eigenvalue weighted by Gasteiger charge is 2.28. The quantitative estimate of drug-likeness (QED) is 0.632. The number of hydrogen-bond donors (Lipinski definition) is 0. The van der Waals surface area contributed by atoms with Gasteiger partial charge in [0, 0.05) is 42.8 Å². The minimum Gasteiger partial charge on any atom is -0.350 e. The molecule has 4 rings (SSSR count). The van der Waals surface area contributed by atoms with Crippen LogP contribution in [0.4, 0.5) is 4.39 Å². The molecule has 1 aromatic heterocycles. The van der Waals surface area contributed by atoms with Crippen LogP contribution in [-0.4, -0.2) is 52.9 Å². The van der Waals surface area contributed by atoms with Crippen molar-refractivity contribution in [3.05, 3.63) is 76.3 Å². The lowest BCUT2D eigenvalue weighted by Crippen LogP contribution is -2.50. The number of rotatable bonds is 3. The molecule has 6 nitrogen and oxygen atoms in total. The summed E-state index contributed by atoms with van der Waals surface area (Å²) in [6, 6.07) is 13.3. The Morgan fingerprint density at radius 2 is 1.60 bits per heavy atom. The van der Waals surface area contributed by atoms with Crippen molar-refractivity contribution in [1.29, 1.82) is 0 Å². The zero-order chi connectivity index (χ0) is 21.3. The van der Waals surface area contributed by atoms with E-state index in [1.807, 2.05) is 31.2 Å². The van der Waals surface area contributed by atoms with Crippen LogP contribution in [0.1, 0.15) is 26.5 Å². The number of halogens is 2. The zero-order valence-corrected chi connectivity index (χ0v) is 17.0. The van der Waals surface area contributed by atoms with Crippen LogP contribution in [0.2, 0.25) is 5.02 Å². The van der Waals surface area contributed by atoms with E-state index in [-0.39, 0.29) is 30.3 Å². The Morgan fingerprint density at radius 3 is 2.27 bits per heavy atom. The van der Waals surface area contributed by atoms with Gasteiger partial charge in [0.25, 0.3) is 11.8 Å². The topological polar surface area (TPSA) is 66.7 Å². The smallest absolute Gasteiger partial charge is 0.292 e. The second-order valence-corrected chi connectivity index (χ2v) is 7.59. The number of amides is 2. The highest BCUT2D eigenvalue weighted by Crippen LogP contribution is 2.22. The fourth-order valence-electron chi connectivity index (χ4n) is 3.34. The Balaban J connectivity index is 1.40. The van der Waals surface area contributed by atoms with Crippen LogP contribution in [-0.2, 0) is 0 Å². The van der Waals surface area contributed by atoms with Crippen molar-refractivity contribution in [3.8, 4) is 11.3 Å². The molecule has 1 fully saturated rings. The highest BCUT2D eigenvalue weighted by molar-refractivity contribution is 6.31. The van der Waals surface area contributed by atoms with E-state index >= 15 is 0 Å². The van der Waals surface area contributed by atoms with Gasteiger partial charge < -0.3 is 14.3 Å². The lowest BCUT2D eigenvalue weighted by molar-refractivity contribution is 0.0510. The van der Waals surface area contributed by atoms with E-state index in [2.05, 4.69) is 5.16 Å². The summed E-state index contributed by atoms with van der Waals surface area (Å²) < 4.78 is 19.2. The average molecular weight is 428 g/mol. The van der Waals surface area contributed by atoms with Crippen LogP contribution in [0.15, 0.2) is 53.1 Å². The maximum Gasteiger partial charge on any atom is 0.292 e. The number of hydrogen-bond acceptors (Lipinski definition) is 4. The van der Waals surface area contributed by atoms with E-state index in [9.17, 15) is 14.0 Å². The molecular weight excluding hydrogens is 409 g/mol. The van der Waals surface area contributed by atoms with E-state index < -0.39 is 11.7 Å². The predicted molar refractivity (Wildman–Crippen MR) is 110 cm³/mol. The van der Waals surface area contributed by atoms with Crippen LogP contribution >= 0.6 is 11.6 Å². The van der Waals surface area contributed by atoms with Crippen molar-refractivity contribution >= 4 is 23.4 Å². The number of carbonyl (C=O) groups is 2. The normalized spacial score (nSPS) is 14.1. The second-order valence-electron chi connectivity index (χ2n) is 7.15. The molecule has 0 bridgehead atoms. The van der Waals surface area contributed by atoms with Gasteiger partial charge in [-0.25, -0.2) is 4.39 Å². The van der Waals surface area contributed by atoms with Crippen molar-refractivity contribution in [1.82, 2.24) is 15.0 Å². The molecule has 1 saturated heterocycles. The van der Waals surface area contributed by atoms with Gasteiger partial charge in [0.15, 0.2) is 0 Å².